The lowest BCUT2D eigenvalue weighted by molar-refractivity contribution is -0.116. The lowest BCUT2D eigenvalue weighted by atomic mass is 10.1. The van der Waals surface area contributed by atoms with Gasteiger partial charge in [0.2, 0.25) is 0 Å². The lowest BCUT2D eigenvalue weighted by Gasteiger charge is -2.14. The zero-order chi connectivity index (χ0) is 19.0. The number of fused-ring (bicyclic) bond motifs is 1. The molecule has 0 unspecified atom stereocenters. The van der Waals surface area contributed by atoms with Gasteiger partial charge in [-0.25, -0.2) is 9.38 Å². The van der Waals surface area contributed by atoms with Gasteiger partial charge in [0.05, 0.1) is 21.9 Å². The van der Waals surface area contributed by atoms with Crippen LogP contribution in [-0.2, 0) is 9.59 Å². The Morgan fingerprint density at radius 1 is 1.11 bits per heavy atom. The molecule has 0 spiro atoms. The van der Waals surface area contributed by atoms with Crippen molar-refractivity contribution in [2.24, 2.45) is 4.99 Å². The summed E-state index contributed by atoms with van der Waals surface area (Å²) in [6.45, 7) is 0.358. The maximum absolute atomic E-state index is 13.0. The van der Waals surface area contributed by atoms with Crippen molar-refractivity contribution in [2.45, 2.75) is 0 Å². The number of amides is 2. The van der Waals surface area contributed by atoms with Gasteiger partial charge in [0, 0.05) is 18.0 Å². The molecular weight excluding hydrogens is 389 g/mol. The fourth-order valence-corrected chi connectivity index (χ4v) is 4.08. The molecule has 0 radical (unpaired) electrons. The number of hydrogen-bond donors (Lipinski definition) is 1. The minimum Gasteiger partial charge on any atom is -0.306 e. The van der Waals surface area contributed by atoms with Crippen LogP contribution in [0.4, 0.5) is 15.8 Å². The molecule has 1 N–H and O–H groups in total. The van der Waals surface area contributed by atoms with Crippen molar-refractivity contribution in [2.75, 3.05) is 17.3 Å². The summed E-state index contributed by atoms with van der Waals surface area (Å²) in [6.07, 6.45) is 0. The van der Waals surface area contributed by atoms with Gasteiger partial charge in [-0.3, -0.25) is 9.59 Å². The first kappa shape index (κ1) is 17.8. The van der Waals surface area contributed by atoms with Gasteiger partial charge >= 0.3 is 0 Å². The van der Waals surface area contributed by atoms with Crippen LogP contribution in [0.5, 0.6) is 0 Å². The van der Waals surface area contributed by atoms with Crippen LogP contribution in [0.15, 0.2) is 58.4 Å². The average molecular weight is 402 g/mol. The second-order valence-corrected chi connectivity index (χ2v) is 7.19. The van der Waals surface area contributed by atoms with Gasteiger partial charge in [-0.05, 0) is 42.1 Å². The monoisotopic (exact) mass is 401 g/mol. The van der Waals surface area contributed by atoms with Crippen LogP contribution in [-0.4, -0.2) is 29.4 Å². The quantitative estimate of drug-likeness (QED) is 0.630. The summed E-state index contributed by atoms with van der Waals surface area (Å²) in [5.41, 5.74) is 2.30. The summed E-state index contributed by atoms with van der Waals surface area (Å²) in [5, 5.41) is 3.01. The molecule has 2 aliphatic heterocycles. The SMILES string of the molecule is O=C1NC(=Nc2ccc(F)cc2)S/C1=C1/C(=O)N(CCCl)c2ccccc21. The van der Waals surface area contributed by atoms with Crippen LogP contribution < -0.4 is 10.2 Å². The molecule has 0 bridgehead atoms. The van der Waals surface area contributed by atoms with Crippen LogP contribution in [0.1, 0.15) is 5.56 Å². The standard InChI is InChI=1S/C19H13ClFN3O2S/c20-9-10-24-14-4-2-1-3-13(14)15(18(24)26)16-17(25)23-19(27-16)22-12-7-5-11(21)6-8-12/h1-8H,9-10H2,(H,22,23,25)/b16-15+. The number of carbonyl (C=O) groups excluding carboxylic acids is 2. The Morgan fingerprint density at radius 2 is 1.85 bits per heavy atom. The largest absolute Gasteiger partial charge is 0.306 e. The molecule has 2 aromatic carbocycles. The van der Waals surface area contributed by atoms with Gasteiger partial charge in [0.25, 0.3) is 11.8 Å². The number of nitrogens with one attached hydrogen (secondary N) is 1. The molecule has 4 rings (SSSR count). The predicted molar refractivity (Wildman–Crippen MR) is 106 cm³/mol. The minimum absolute atomic E-state index is 0.252. The van der Waals surface area contributed by atoms with Crippen molar-refractivity contribution < 1.29 is 14.0 Å². The number of halogens is 2. The summed E-state index contributed by atoms with van der Waals surface area (Å²) >= 11 is 6.93. The van der Waals surface area contributed by atoms with E-state index in [0.717, 1.165) is 17.4 Å². The van der Waals surface area contributed by atoms with Gasteiger partial charge in [-0.1, -0.05) is 18.2 Å². The van der Waals surface area contributed by atoms with Crippen molar-refractivity contribution in [3.05, 3.63) is 64.8 Å². The van der Waals surface area contributed by atoms with Crippen molar-refractivity contribution in [1.82, 2.24) is 5.32 Å². The van der Waals surface area contributed by atoms with Crippen molar-refractivity contribution in [3.8, 4) is 0 Å². The summed E-state index contributed by atoms with van der Waals surface area (Å²) in [5.74, 6) is -0.707. The fourth-order valence-electron chi connectivity index (χ4n) is 2.98. The van der Waals surface area contributed by atoms with E-state index in [1.807, 2.05) is 24.3 Å². The highest BCUT2D eigenvalue weighted by Crippen LogP contribution is 2.42. The molecule has 2 aromatic rings. The predicted octanol–water partition coefficient (Wildman–Crippen LogP) is 3.67. The summed E-state index contributed by atoms with van der Waals surface area (Å²) in [6, 6.07) is 12.9. The van der Waals surface area contributed by atoms with E-state index in [1.165, 1.54) is 24.3 Å². The Balaban J connectivity index is 1.74. The summed E-state index contributed by atoms with van der Waals surface area (Å²) < 4.78 is 13.0. The van der Waals surface area contributed by atoms with E-state index in [0.29, 0.717) is 39.3 Å². The zero-order valence-corrected chi connectivity index (χ0v) is 15.5. The second kappa shape index (κ2) is 7.17. The summed E-state index contributed by atoms with van der Waals surface area (Å²) in [4.78, 5) is 31.6. The molecule has 0 atom stereocenters. The third kappa shape index (κ3) is 3.24. The van der Waals surface area contributed by atoms with E-state index in [2.05, 4.69) is 10.3 Å². The zero-order valence-electron chi connectivity index (χ0n) is 13.9. The molecule has 0 aromatic heterocycles. The maximum Gasteiger partial charge on any atom is 0.264 e. The maximum atomic E-state index is 13.0. The summed E-state index contributed by atoms with van der Waals surface area (Å²) in [7, 11) is 0. The van der Waals surface area contributed by atoms with Gasteiger partial charge in [0.15, 0.2) is 5.17 Å². The van der Waals surface area contributed by atoms with Crippen LogP contribution >= 0.6 is 23.4 Å². The third-order valence-electron chi connectivity index (χ3n) is 4.14. The van der Waals surface area contributed by atoms with E-state index in [-0.39, 0.29) is 17.6 Å². The Hall–Kier alpha value is -2.64. The van der Waals surface area contributed by atoms with Crippen LogP contribution in [0.3, 0.4) is 0 Å². The minimum atomic E-state index is -0.383. The number of benzene rings is 2. The first-order chi connectivity index (χ1) is 13.1. The van der Waals surface area contributed by atoms with Gasteiger partial charge in [-0.15, -0.1) is 11.6 Å². The fraction of sp³-hybridized carbons (Fsp3) is 0.105. The molecular formula is C19H13ClFN3O2S. The Bertz CT molecular complexity index is 1000. The highest BCUT2D eigenvalue weighted by Gasteiger charge is 2.38. The van der Waals surface area contributed by atoms with Gasteiger partial charge < -0.3 is 10.2 Å². The van der Waals surface area contributed by atoms with E-state index in [4.69, 9.17) is 11.6 Å². The smallest absolute Gasteiger partial charge is 0.264 e. The number of thioether (sulfide) groups is 1. The first-order valence-electron chi connectivity index (χ1n) is 8.13. The first-order valence-corrected chi connectivity index (χ1v) is 9.48. The molecule has 27 heavy (non-hydrogen) atoms. The normalized spacial score (nSPS) is 20.4. The number of amidine groups is 1. The van der Waals surface area contributed by atoms with E-state index in [9.17, 15) is 14.0 Å². The molecule has 0 aliphatic carbocycles. The number of hydrogen-bond acceptors (Lipinski definition) is 4. The van der Waals surface area contributed by atoms with Gasteiger partial charge in [0.1, 0.15) is 5.82 Å². The highest BCUT2D eigenvalue weighted by atomic mass is 35.5. The molecule has 0 saturated carbocycles. The number of nitrogens with zero attached hydrogens (tertiary/aromatic N) is 2. The topological polar surface area (TPSA) is 61.8 Å². The van der Waals surface area contributed by atoms with Crippen LogP contribution in [0, 0.1) is 5.82 Å². The lowest BCUT2D eigenvalue weighted by Crippen LogP contribution is -2.29. The van der Waals surface area contributed by atoms with Crippen molar-refractivity contribution in [1.29, 1.82) is 0 Å². The second-order valence-electron chi connectivity index (χ2n) is 5.82. The number of alkyl halides is 1. The van der Waals surface area contributed by atoms with Crippen molar-refractivity contribution in [3.63, 3.8) is 0 Å². The molecule has 136 valence electrons. The number of rotatable bonds is 3. The number of para-hydroxylation sites is 1. The molecule has 5 nitrogen and oxygen atoms in total. The molecule has 2 aliphatic rings. The molecule has 8 heteroatoms. The average Bonchev–Trinajstić information content (AvgIpc) is 3.15. The molecule has 2 amide bonds. The number of anilines is 1. The Kier molecular flexibility index (Phi) is 4.72. The van der Waals surface area contributed by atoms with Crippen molar-refractivity contribution >= 4 is 57.3 Å². The molecule has 2 heterocycles. The van der Waals surface area contributed by atoms with Gasteiger partial charge in [-0.2, -0.15) is 0 Å². The number of aliphatic imine (C=N–C) groups is 1. The number of carbonyl (C=O) groups is 2. The van der Waals surface area contributed by atoms with E-state index >= 15 is 0 Å². The molecule has 1 fully saturated rings. The molecule has 1 saturated heterocycles. The Labute approximate surface area is 163 Å². The third-order valence-corrected chi connectivity index (χ3v) is 5.29. The van der Waals surface area contributed by atoms with Crippen LogP contribution in [0.2, 0.25) is 0 Å². The Morgan fingerprint density at radius 3 is 2.59 bits per heavy atom. The van der Waals surface area contributed by atoms with E-state index < -0.39 is 0 Å². The van der Waals surface area contributed by atoms with E-state index in [1.54, 1.807) is 4.90 Å². The van der Waals surface area contributed by atoms with Crippen LogP contribution in [0.25, 0.3) is 5.57 Å². The highest BCUT2D eigenvalue weighted by molar-refractivity contribution is 8.18.